The van der Waals surface area contributed by atoms with Crippen molar-refractivity contribution >= 4 is 22.4 Å². The van der Waals surface area contributed by atoms with E-state index in [-0.39, 0.29) is 0 Å². The number of rotatable bonds is 6. The van der Waals surface area contributed by atoms with Gasteiger partial charge in [0, 0.05) is 34.9 Å². The smallest absolute Gasteiger partial charge is 0.145 e. The molecule has 1 heterocycles. The summed E-state index contributed by atoms with van der Waals surface area (Å²) in [5.74, 6) is 7.72. The van der Waals surface area contributed by atoms with Crippen molar-refractivity contribution in [1.82, 2.24) is 9.97 Å². The summed E-state index contributed by atoms with van der Waals surface area (Å²) in [5.41, 5.74) is 2.43. The Bertz CT molecular complexity index is 333. The summed E-state index contributed by atoms with van der Waals surface area (Å²) in [4.78, 5) is 7.86. The Morgan fingerprint density at radius 3 is 2.87 bits per heavy atom. The van der Waals surface area contributed by atoms with Gasteiger partial charge in [0.2, 0.25) is 0 Å². The van der Waals surface area contributed by atoms with Crippen LogP contribution in [0.5, 0.6) is 0 Å². The first-order valence-electron chi connectivity index (χ1n) is 4.63. The van der Waals surface area contributed by atoms with Gasteiger partial charge in [-0.15, -0.1) is 0 Å². The molecule has 0 aliphatic heterocycles. The van der Waals surface area contributed by atoms with Gasteiger partial charge in [0.1, 0.15) is 18.0 Å². The van der Waals surface area contributed by atoms with Crippen LogP contribution in [0.3, 0.4) is 0 Å². The molecule has 0 amide bonds. The highest BCUT2D eigenvalue weighted by atomic mass is 32.2. The maximum Gasteiger partial charge on any atom is 0.145 e. The molecule has 7 heteroatoms. The molecule has 0 radical (unpaired) electrons. The van der Waals surface area contributed by atoms with Crippen molar-refractivity contribution in [1.29, 1.82) is 0 Å². The van der Waals surface area contributed by atoms with E-state index in [1.165, 1.54) is 6.33 Å². The van der Waals surface area contributed by atoms with Crippen LogP contribution in [-0.2, 0) is 10.8 Å². The van der Waals surface area contributed by atoms with Crippen LogP contribution in [0.1, 0.15) is 6.92 Å². The normalized spacial score (nSPS) is 12.1. The van der Waals surface area contributed by atoms with Crippen molar-refractivity contribution in [3.8, 4) is 0 Å². The summed E-state index contributed by atoms with van der Waals surface area (Å²) in [6.45, 7) is 2.53. The summed E-state index contributed by atoms with van der Waals surface area (Å²) in [5, 5.41) is 3.04. The summed E-state index contributed by atoms with van der Waals surface area (Å²) in [6, 6.07) is 1.69. The quantitative estimate of drug-likeness (QED) is 0.467. The minimum Gasteiger partial charge on any atom is -0.369 e. The molecule has 1 unspecified atom stereocenters. The molecule has 0 aromatic carbocycles. The van der Waals surface area contributed by atoms with Crippen molar-refractivity contribution < 1.29 is 4.21 Å². The van der Waals surface area contributed by atoms with Gasteiger partial charge in [-0.1, -0.05) is 6.92 Å². The van der Waals surface area contributed by atoms with Crippen molar-refractivity contribution in [3.05, 3.63) is 12.4 Å². The molecule has 15 heavy (non-hydrogen) atoms. The van der Waals surface area contributed by atoms with Gasteiger partial charge in [-0.25, -0.2) is 15.8 Å². The maximum absolute atomic E-state index is 11.1. The average Bonchev–Trinajstić information content (AvgIpc) is 2.29. The van der Waals surface area contributed by atoms with Gasteiger partial charge in [-0.05, 0) is 0 Å². The van der Waals surface area contributed by atoms with Crippen molar-refractivity contribution in [3.63, 3.8) is 0 Å². The third-order valence-electron chi connectivity index (χ3n) is 1.77. The molecule has 0 aliphatic carbocycles. The second kappa shape index (κ2) is 6.31. The first-order valence-corrected chi connectivity index (χ1v) is 6.12. The molecule has 6 nitrogen and oxygen atoms in total. The van der Waals surface area contributed by atoms with Crippen LogP contribution in [0.2, 0.25) is 0 Å². The third kappa shape index (κ3) is 4.22. The van der Waals surface area contributed by atoms with E-state index < -0.39 is 10.8 Å². The molecule has 1 atom stereocenters. The molecular weight excluding hydrogens is 214 g/mol. The number of hydrogen-bond donors (Lipinski definition) is 3. The monoisotopic (exact) mass is 229 g/mol. The summed E-state index contributed by atoms with van der Waals surface area (Å²) < 4.78 is 11.1. The molecule has 0 saturated heterocycles. The Morgan fingerprint density at radius 2 is 2.20 bits per heavy atom. The van der Waals surface area contributed by atoms with Crippen LogP contribution in [0, 0.1) is 0 Å². The highest BCUT2D eigenvalue weighted by Crippen LogP contribution is 2.06. The van der Waals surface area contributed by atoms with Crippen molar-refractivity contribution in [2.24, 2.45) is 5.84 Å². The van der Waals surface area contributed by atoms with Gasteiger partial charge in [-0.2, -0.15) is 0 Å². The lowest BCUT2D eigenvalue weighted by atomic mass is 10.5. The number of hydrogen-bond acceptors (Lipinski definition) is 6. The van der Waals surface area contributed by atoms with Crippen LogP contribution < -0.4 is 16.6 Å². The number of nitrogens with one attached hydrogen (secondary N) is 2. The molecule has 0 aliphatic rings. The van der Waals surface area contributed by atoms with E-state index in [4.69, 9.17) is 5.84 Å². The maximum atomic E-state index is 11.1. The second-order valence-corrected chi connectivity index (χ2v) is 4.66. The van der Waals surface area contributed by atoms with E-state index in [1.54, 1.807) is 6.07 Å². The Hall–Kier alpha value is -1.21. The number of nitrogen functional groups attached to an aromatic ring is 1. The fourth-order valence-corrected chi connectivity index (χ4v) is 1.59. The van der Waals surface area contributed by atoms with E-state index in [9.17, 15) is 4.21 Å². The fraction of sp³-hybridized carbons (Fsp3) is 0.500. The van der Waals surface area contributed by atoms with Gasteiger partial charge in [0.15, 0.2) is 0 Å². The van der Waals surface area contributed by atoms with E-state index >= 15 is 0 Å². The van der Waals surface area contributed by atoms with Crippen LogP contribution in [0.25, 0.3) is 0 Å². The number of anilines is 2. The number of aromatic nitrogens is 2. The zero-order chi connectivity index (χ0) is 11.1. The summed E-state index contributed by atoms with van der Waals surface area (Å²) in [6.07, 6.45) is 1.41. The highest BCUT2D eigenvalue weighted by Gasteiger charge is 1.98. The van der Waals surface area contributed by atoms with Crippen LogP contribution >= 0.6 is 0 Å². The molecular formula is C8H15N5OS. The molecule has 0 bridgehead atoms. The lowest BCUT2D eigenvalue weighted by Crippen LogP contribution is -2.14. The molecule has 1 aromatic heterocycles. The lowest BCUT2D eigenvalue weighted by molar-refractivity contribution is 0.684. The first kappa shape index (κ1) is 11.9. The van der Waals surface area contributed by atoms with E-state index in [0.29, 0.717) is 29.7 Å². The van der Waals surface area contributed by atoms with E-state index in [0.717, 1.165) is 0 Å². The predicted octanol–water partition coefficient (Wildman–Crippen LogP) is -0.0573. The van der Waals surface area contributed by atoms with E-state index in [1.807, 2.05) is 6.92 Å². The molecule has 84 valence electrons. The summed E-state index contributed by atoms with van der Waals surface area (Å²) >= 11 is 0. The van der Waals surface area contributed by atoms with Crippen molar-refractivity contribution in [2.45, 2.75) is 6.92 Å². The minimum absolute atomic E-state index is 0.545. The molecule has 0 fully saturated rings. The zero-order valence-electron chi connectivity index (χ0n) is 8.56. The molecule has 1 aromatic rings. The SMILES string of the molecule is CCS(=O)CCNc1cc(NN)ncn1. The molecule has 1 rings (SSSR count). The Kier molecular flexibility index (Phi) is 4.99. The van der Waals surface area contributed by atoms with Crippen LogP contribution in [0.15, 0.2) is 12.4 Å². The first-order chi connectivity index (χ1) is 7.26. The van der Waals surface area contributed by atoms with Gasteiger partial charge >= 0.3 is 0 Å². The van der Waals surface area contributed by atoms with Gasteiger partial charge in [0.25, 0.3) is 0 Å². The number of nitrogens with zero attached hydrogens (tertiary/aromatic N) is 2. The summed E-state index contributed by atoms with van der Waals surface area (Å²) in [7, 11) is -0.754. The standard InChI is InChI=1S/C8H15N5OS/c1-2-15(14)4-3-10-7-5-8(13-9)12-6-11-7/h5-6H,2-4,9H2,1H3,(H2,10,11,12,13). The Balaban J connectivity index is 2.40. The molecule has 4 N–H and O–H groups in total. The number of hydrazine groups is 1. The van der Waals surface area contributed by atoms with Crippen LogP contribution in [-0.4, -0.2) is 32.2 Å². The van der Waals surface area contributed by atoms with Gasteiger partial charge in [0.05, 0.1) is 0 Å². The average molecular weight is 229 g/mol. The van der Waals surface area contributed by atoms with Gasteiger partial charge < -0.3 is 10.7 Å². The zero-order valence-corrected chi connectivity index (χ0v) is 9.38. The lowest BCUT2D eigenvalue weighted by Gasteiger charge is -2.05. The second-order valence-electron chi connectivity index (χ2n) is 2.79. The highest BCUT2D eigenvalue weighted by molar-refractivity contribution is 7.84. The molecule has 0 spiro atoms. The van der Waals surface area contributed by atoms with Crippen LogP contribution in [0.4, 0.5) is 11.6 Å². The van der Waals surface area contributed by atoms with Crippen molar-refractivity contribution in [2.75, 3.05) is 28.8 Å². The van der Waals surface area contributed by atoms with Gasteiger partial charge in [-0.3, -0.25) is 4.21 Å². The number of nitrogens with two attached hydrogens (primary N) is 1. The largest absolute Gasteiger partial charge is 0.369 e. The molecule has 0 saturated carbocycles. The Morgan fingerprint density at radius 1 is 1.47 bits per heavy atom. The topological polar surface area (TPSA) is 92.9 Å². The predicted molar refractivity (Wildman–Crippen MR) is 61.9 cm³/mol. The fourth-order valence-electron chi connectivity index (χ4n) is 0.970. The third-order valence-corrected chi connectivity index (χ3v) is 3.08. The minimum atomic E-state index is -0.754. The Labute approximate surface area is 91.1 Å². The van der Waals surface area contributed by atoms with E-state index in [2.05, 4.69) is 20.7 Å².